The van der Waals surface area contributed by atoms with Crippen LogP contribution >= 0.6 is 0 Å². The summed E-state index contributed by atoms with van der Waals surface area (Å²) >= 11 is 0. The smallest absolute Gasteiger partial charge is 0.211 e. The summed E-state index contributed by atoms with van der Waals surface area (Å²) in [4.78, 5) is 183. The van der Waals surface area contributed by atoms with E-state index in [1.165, 1.54) is 98.7 Å². The van der Waals surface area contributed by atoms with Gasteiger partial charge < -0.3 is 0 Å². The van der Waals surface area contributed by atoms with Crippen LogP contribution in [0.3, 0.4) is 0 Å². The van der Waals surface area contributed by atoms with E-state index in [1.807, 2.05) is 138 Å². The molecule has 8 rings (SSSR count). The molecule has 0 amide bonds. The molecule has 0 aliphatic rings. The summed E-state index contributed by atoms with van der Waals surface area (Å²) in [5.41, 5.74) is 8.05. The van der Waals surface area contributed by atoms with Gasteiger partial charge in [0.1, 0.15) is 0 Å². The Hall–Kier alpha value is -14.7. The van der Waals surface area contributed by atoms with Gasteiger partial charge in [-0.15, -0.1) is 0 Å². The number of nitrogens with zero attached hydrogens (tertiary/aromatic N) is 14. The van der Waals surface area contributed by atoms with Crippen molar-refractivity contribution in [2.45, 2.75) is 98.2 Å². The number of benzene rings is 8. The van der Waals surface area contributed by atoms with Crippen molar-refractivity contribution in [2.24, 2.45) is 69.9 Å². The van der Waals surface area contributed by atoms with Crippen molar-refractivity contribution in [3.63, 3.8) is 0 Å². The lowest BCUT2D eigenvalue weighted by Gasteiger charge is -2.16. The summed E-state index contributed by atoms with van der Waals surface area (Å²) in [5, 5.41) is 1.50. The zero-order valence-corrected chi connectivity index (χ0v) is 60.9. The molecule has 0 N–H and O–H groups in total. The summed E-state index contributed by atoms with van der Waals surface area (Å²) in [6, 6.07) is 60.9. The number of fused-ring (bicyclic) bond motifs is 1. The molecule has 28 heteroatoms. The Morgan fingerprint density at radius 3 is 0.907 bits per heavy atom. The maximum Gasteiger partial charge on any atom is 0.240 e. The molecule has 0 aromatic heterocycles. The van der Waals surface area contributed by atoms with Crippen molar-refractivity contribution < 1.29 is 67.1 Å². The predicted octanol–water partition coefficient (Wildman–Crippen LogP) is 16.0. The molecule has 0 heterocycles. The Balaban J connectivity index is -0.00000116. The highest BCUT2D eigenvalue weighted by Crippen LogP contribution is 2.32. The Bertz CT molecular complexity index is 4410. The largest absolute Gasteiger partial charge is 0.240 e. The quantitative estimate of drug-likeness (QED) is 0.0389. The fourth-order valence-corrected chi connectivity index (χ4v) is 7.29. The summed E-state index contributed by atoms with van der Waals surface area (Å²) in [5.74, 6) is 0. The zero-order valence-electron chi connectivity index (χ0n) is 60.9. The monoisotopic (exact) mass is 1460 g/mol. The minimum absolute atomic E-state index is 0.248. The standard InChI is InChI=1S/C15H10N2O2.C12H6N2O2.C10H11NO.C8H4N2O2.C8H12N2O2.C8H7NO.C7H8.C5H9NO.C3H5NO.2C2H3NO/c18-10-16-14-5-1-12(2-6-14)9-13-3-7-15(8-4-13)17-11-19;15-7-13-11-5-1-3-9-10(11)4-2-6-12(9)14-8-16;1-10(2,11-8-12)9-6-4-3-5-7-9;11-5-9-7-1-2-8(4-3-7)10-6-12;11-7-9-5-3-1-2-4-6-10-8-12;10-7-9-6-8-4-2-1-3-5-8;1-7-5-3-2-4-6-7;1-5(2,3)6-4-7;1-2-4-3-5;2*1-3-2-4/h1-8H,9H2;1-6H;3-7H,1-2H3;1-4H;1-6H2;1-5H,6H2;2-6H,1H3;1-3H3;2H2,1H3;2*1H3. The Labute approximate surface area is 624 Å². The van der Waals surface area contributed by atoms with E-state index in [0.29, 0.717) is 60.3 Å². The van der Waals surface area contributed by atoms with Gasteiger partial charge >= 0.3 is 0 Å². The van der Waals surface area contributed by atoms with Crippen LogP contribution in [-0.2, 0) is 85.6 Å². The van der Waals surface area contributed by atoms with Gasteiger partial charge in [-0.1, -0.05) is 158 Å². The first-order valence-electron chi connectivity index (χ1n) is 31.9. The molecule has 0 fully saturated rings. The lowest BCUT2D eigenvalue weighted by molar-refractivity contribution is 0.522. The topological polar surface area (TPSA) is 412 Å². The number of aliphatic imine (C=N–C) groups is 14. The maximum absolute atomic E-state index is 10.3. The van der Waals surface area contributed by atoms with Gasteiger partial charge in [0.2, 0.25) is 85.1 Å². The number of aryl methyl sites for hydroxylation is 1. The molecule has 8 aromatic rings. The summed E-state index contributed by atoms with van der Waals surface area (Å²) in [6.45, 7) is 15.3. The van der Waals surface area contributed by atoms with Gasteiger partial charge in [-0.2, -0.15) is 34.9 Å². The highest BCUT2D eigenvalue weighted by Gasteiger charge is 2.18. The van der Waals surface area contributed by atoms with Crippen LogP contribution in [0.4, 0.5) is 34.1 Å². The van der Waals surface area contributed by atoms with E-state index in [1.54, 1.807) is 97.9 Å². The average Bonchev–Trinajstić information content (AvgIpc) is 0.809. The molecular weight excluding hydrogens is 1380 g/mol. The molecule has 8 aromatic carbocycles. The Morgan fingerprint density at radius 2 is 0.639 bits per heavy atom. The predicted molar refractivity (Wildman–Crippen MR) is 409 cm³/mol. The summed E-state index contributed by atoms with van der Waals surface area (Å²) in [6.07, 6.45) is 24.9. The number of hydrogen-bond donors (Lipinski definition) is 0. The molecule has 0 saturated carbocycles. The number of hydrogen-bond acceptors (Lipinski definition) is 28. The molecule has 0 radical (unpaired) electrons. The highest BCUT2D eigenvalue weighted by atomic mass is 16.2. The number of isocyanates is 14. The van der Waals surface area contributed by atoms with Crippen molar-refractivity contribution in [2.75, 3.05) is 33.7 Å². The summed E-state index contributed by atoms with van der Waals surface area (Å²) < 4.78 is 0. The molecule has 28 nitrogen and oxygen atoms in total. The fraction of sp³-hybridized carbons (Fsp3) is 0.250. The van der Waals surface area contributed by atoms with Crippen LogP contribution in [-0.4, -0.2) is 124 Å². The van der Waals surface area contributed by atoms with E-state index in [-0.39, 0.29) is 5.54 Å². The number of unbranched alkanes of at least 4 members (excludes halogenated alkanes) is 3. The lowest BCUT2D eigenvalue weighted by atomic mass is 9.95. The first-order chi connectivity index (χ1) is 52.2. The van der Waals surface area contributed by atoms with Crippen LogP contribution < -0.4 is 0 Å². The van der Waals surface area contributed by atoms with Gasteiger partial charge in [-0.25, -0.2) is 102 Å². The molecule has 108 heavy (non-hydrogen) atoms. The third kappa shape index (κ3) is 55.1. The van der Waals surface area contributed by atoms with Crippen LogP contribution in [0.2, 0.25) is 0 Å². The van der Waals surface area contributed by atoms with Gasteiger partial charge in [0, 0.05) is 31.4 Å². The van der Waals surface area contributed by atoms with Crippen molar-refractivity contribution in [3.8, 4) is 0 Å². The van der Waals surface area contributed by atoms with E-state index >= 15 is 0 Å². The Kier molecular flexibility index (Phi) is 61.5. The Morgan fingerprint density at radius 1 is 0.306 bits per heavy atom. The van der Waals surface area contributed by atoms with Crippen molar-refractivity contribution in [1.82, 2.24) is 0 Å². The third-order valence-corrected chi connectivity index (χ3v) is 12.2. The van der Waals surface area contributed by atoms with E-state index in [4.69, 9.17) is 14.4 Å². The van der Waals surface area contributed by atoms with Crippen molar-refractivity contribution in [1.29, 1.82) is 0 Å². The van der Waals surface area contributed by atoms with Gasteiger partial charge in [0.05, 0.1) is 64.8 Å². The minimum atomic E-state index is -0.455. The SMILES string of the molecule is CC(C)(C)N=C=O.CC(C)(N=C=O)c1ccccc1.CCN=C=O.CN=C=O.CN=C=O.Cc1ccccc1.O=C=NCCCCCCN=C=O.O=C=NCc1ccccc1.O=C=Nc1ccc(Cc2ccc(N=C=O)cc2)cc1.O=C=Nc1ccc(N=C=O)cc1.O=C=Nc1cccc2c(N=C=O)cccc12. The second kappa shape index (κ2) is 68.1. The normalized spacial score (nSPS) is 8.56. The number of carbonyl (C=O) groups excluding carboxylic acids is 14. The summed E-state index contributed by atoms with van der Waals surface area (Å²) in [7, 11) is 2.76. The number of rotatable bonds is 20. The van der Waals surface area contributed by atoms with Crippen LogP contribution in [0, 0.1) is 6.92 Å². The van der Waals surface area contributed by atoms with E-state index < -0.39 is 5.54 Å². The molecule has 0 atom stereocenters. The lowest BCUT2D eigenvalue weighted by Crippen LogP contribution is -2.12. The van der Waals surface area contributed by atoms with Crippen molar-refractivity contribution >= 4 is 130 Å². The molecule has 0 bridgehead atoms. The van der Waals surface area contributed by atoms with Crippen LogP contribution in [0.15, 0.2) is 270 Å². The van der Waals surface area contributed by atoms with Gasteiger partial charge in [-0.3, -0.25) is 0 Å². The second-order valence-electron chi connectivity index (χ2n) is 21.5. The van der Waals surface area contributed by atoms with Gasteiger partial charge in [0.25, 0.3) is 0 Å². The highest BCUT2D eigenvalue weighted by molar-refractivity contribution is 6.00. The van der Waals surface area contributed by atoms with Crippen LogP contribution in [0.25, 0.3) is 10.8 Å². The third-order valence-electron chi connectivity index (χ3n) is 12.2. The van der Waals surface area contributed by atoms with E-state index in [2.05, 4.69) is 89.0 Å². The molecule has 0 aliphatic heterocycles. The van der Waals surface area contributed by atoms with Crippen LogP contribution in [0.1, 0.15) is 95.0 Å². The molecule has 0 aliphatic carbocycles. The van der Waals surface area contributed by atoms with Gasteiger partial charge in [0.15, 0.2) is 0 Å². The van der Waals surface area contributed by atoms with Crippen molar-refractivity contribution in [3.05, 3.63) is 228 Å². The average molecular weight is 1460 g/mol. The first kappa shape index (κ1) is 97.5. The maximum atomic E-state index is 10.3. The van der Waals surface area contributed by atoms with E-state index in [0.717, 1.165) is 65.1 Å². The first-order valence-corrected chi connectivity index (χ1v) is 31.9. The molecule has 0 unspecified atom stereocenters. The second-order valence-corrected chi connectivity index (χ2v) is 21.5. The fourth-order valence-electron chi connectivity index (χ4n) is 7.29. The zero-order chi connectivity index (χ0) is 81.0. The molecule has 552 valence electrons. The molecular formula is C80H78N14O14. The minimum Gasteiger partial charge on any atom is -0.211 e. The van der Waals surface area contributed by atoms with E-state index in [9.17, 15) is 52.7 Å². The van der Waals surface area contributed by atoms with Crippen LogP contribution in [0.5, 0.6) is 0 Å². The molecule has 0 spiro atoms. The molecule has 0 saturated heterocycles. The van der Waals surface area contributed by atoms with Gasteiger partial charge in [-0.05, 0) is 151 Å².